The van der Waals surface area contributed by atoms with Crippen molar-refractivity contribution in [2.75, 3.05) is 4.72 Å². The van der Waals surface area contributed by atoms with E-state index in [-0.39, 0.29) is 15.3 Å². The lowest BCUT2D eigenvalue weighted by atomic mass is 10.3. The van der Waals surface area contributed by atoms with E-state index in [4.69, 9.17) is 0 Å². The van der Waals surface area contributed by atoms with E-state index in [0.717, 1.165) is 16.8 Å². The maximum atomic E-state index is 13.0. The van der Waals surface area contributed by atoms with Gasteiger partial charge in [-0.25, -0.2) is 13.5 Å². The minimum Gasteiger partial charge on any atom is -0.278 e. The standard InChI is InChI=1S/C9H7BrF2N4O2S/c1-16-9(8(10)13-15-16)19(17,18)14-7-3-5(11)2-6(12)4-7/h2-4,14H,1H3. The van der Waals surface area contributed by atoms with Gasteiger partial charge >= 0.3 is 0 Å². The van der Waals surface area contributed by atoms with Crippen LogP contribution < -0.4 is 4.72 Å². The van der Waals surface area contributed by atoms with Gasteiger partial charge in [-0.1, -0.05) is 5.21 Å². The van der Waals surface area contributed by atoms with Crippen LogP contribution in [0.3, 0.4) is 0 Å². The first-order valence-electron chi connectivity index (χ1n) is 4.84. The molecule has 1 aromatic carbocycles. The highest BCUT2D eigenvalue weighted by Crippen LogP contribution is 2.22. The number of rotatable bonds is 3. The third-order valence-corrected chi connectivity index (χ3v) is 4.37. The Morgan fingerprint density at radius 1 is 1.26 bits per heavy atom. The molecular formula is C9H7BrF2N4O2S. The molecule has 0 aliphatic carbocycles. The van der Waals surface area contributed by atoms with Crippen LogP contribution in [0.5, 0.6) is 0 Å². The number of benzene rings is 1. The second kappa shape index (κ2) is 4.85. The smallest absolute Gasteiger partial charge is 0.278 e. The molecule has 0 aliphatic rings. The van der Waals surface area contributed by atoms with Gasteiger partial charge in [-0.05, 0) is 28.1 Å². The first-order chi connectivity index (χ1) is 8.79. The van der Waals surface area contributed by atoms with Crippen LogP contribution in [0.15, 0.2) is 27.8 Å². The molecule has 0 bridgehead atoms. The molecular weight excluding hydrogens is 346 g/mol. The van der Waals surface area contributed by atoms with Crippen LogP contribution in [-0.4, -0.2) is 23.4 Å². The van der Waals surface area contributed by atoms with E-state index in [1.165, 1.54) is 7.05 Å². The largest absolute Gasteiger partial charge is 0.281 e. The van der Waals surface area contributed by atoms with Crippen LogP contribution in [0.2, 0.25) is 0 Å². The molecule has 6 nitrogen and oxygen atoms in total. The molecule has 102 valence electrons. The van der Waals surface area contributed by atoms with E-state index in [1.807, 2.05) is 4.72 Å². The Morgan fingerprint density at radius 2 is 1.84 bits per heavy atom. The molecule has 10 heteroatoms. The van der Waals surface area contributed by atoms with E-state index < -0.39 is 21.7 Å². The van der Waals surface area contributed by atoms with Gasteiger partial charge in [0.15, 0.2) is 4.60 Å². The normalized spacial score (nSPS) is 11.6. The molecule has 1 heterocycles. The fraction of sp³-hybridized carbons (Fsp3) is 0.111. The highest BCUT2D eigenvalue weighted by atomic mass is 79.9. The molecule has 2 aromatic rings. The molecule has 1 N–H and O–H groups in total. The number of aromatic nitrogens is 3. The number of aryl methyl sites for hydroxylation is 1. The third-order valence-electron chi connectivity index (χ3n) is 2.11. The second-order valence-electron chi connectivity index (χ2n) is 3.57. The number of halogens is 3. The molecule has 0 saturated heterocycles. The van der Waals surface area contributed by atoms with Crippen LogP contribution in [0, 0.1) is 11.6 Å². The van der Waals surface area contributed by atoms with Crippen molar-refractivity contribution in [1.82, 2.24) is 15.0 Å². The SMILES string of the molecule is Cn1nnc(Br)c1S(=O)(=O)Nc1cc(F)cc(F)c1. The van der Waals surface area contributed by atoms with Crippen molar-refractivity contribution in [3.63, 3.8) is 0 Å². The van der Waals surface area contributed by atoms with Gasteiger partial charge in [-0.15, -0.1) is 5.10 Å². The molecule has 0 spiro atoms. The Kier molecular flexibility index (Phi) is 3.54. The number of hydrogen-bond acceptors (Lipinski definition) is 4. The fourth-order valence-electron chi connectivity index (χ4n) is 1.42. The average Bonchev–Trinajstić information content (AvgIpc) is 2.56. The van der Waals surface area contributed by atoms with Gasteiger partial charge in [0, 0.05) is 13.1 Å². The van der Waals surface area contributed by atoms with Crippen LogP contribution >= 0.6 is 15.9 Å². The second-order valence-corrected chi connectivity index (χ2v) is 5.92. The van der Waals surface area contributed by atoms with Crippen LogP contribution in [-0.2, 0) is 17.1 Å². The molecule has 0 saturated carbocycles. The number of hydrogen-bond donors (Lipinski definition) is 1. The lowest BCUT2D eigenvalue weighted by molar-refractivity contribution is 0.577. The maximum Gasteiger partial charge on any atom is 0.281 e. The van der Waals surface area contributed by atoms with Crippen molar-refractivity contribution < 1.29 is 17.2 Å². The summed E-state index contributed by atoms with van der Waals surface area (Å²) in [5.41, 5.74) is -0.231. The fourth-order valence-corrected chi connectivity index (χ4v) is 3.56. The monoisotopic (exact) mass is 352 g/mol. The molecule has 19 heavy (non-hydrogen) atoms. The van der Waals surface area contributed by atoms with Crippen molar-refractivity contribution in [2.24, 2.45) is 7.05 Å². The van der Waals surface area contributed by atoms with E-state index in [1.54, 1.807) is 0 Å². The highest BCUT2D eigenvalue weighted by Gasteiger charge is 2.24. The third kappa shape index (κ3) is 2.89. The van der Waals surface area contributed by atoms with Crippen molar-refractivity contribution in [3.05, 3.63) is 34.4 Å². The summed E-state index contributed by atoms with van der Waals surface area (Å²) in [5.74, 6) is -1.78. The van der Waals surface area contributed by atoms with E-state index in [0.29, 0.717) is 6.07 Å². The van der Waals surface area contributed by atoms with Crippen molar-refractivity contribution in [3.8, 4) is 0 Å². The zero-order valence-electron chi connectivity index (χ0n) is 9.43. The first-order valence-corrected chi connectivity index (χ1v) is 7.11. The predicted molar refractivity (Wildman–Crippen MR) is 65.9 cm³/mol. The Bertz CT molecular complexity index is 692. The van der Waals surface area contributed by atoms with E-state index in [9.17, 15) is 17.2 Å². The van der Waals surface area contributed by atoms with Gasteiger partial charge in [0.2, 0.25) is 5.03 Å². The summed E-state index contributed by atoms with van der Waals surface area (Å²) in [6, 6.07) is 2.36. The zero-order chi connectivity index (χ0) is 14.2. The van der Waals surface area contributed by atoms with Gasteiger partial charge in [0.1, 0.15) is 11.6 Å². The molecule has 1 aromatic heterocycles. The lowest BCUT2D eigenvalue weighted by Gasteiger charge is -2.08. The maximum absolute atomic E-state index is 13.0. The molecule has 2 rings (SSSR count). The number of sulfonamides is 1. The number of nitrogens with zero attached hydrogens (tertiary/aromatic N) is 3. The number of nitrogens with one attached hydrogen (secondary N) is 1. The van der Waals surface area contributed by atoms with Crippen LogP contribution in [0.4, 0.5) is 14.5 Å². The molecule has 0 fully saturated rings. The first kappa shape index (κ1) is 13.9. The minimum atomic E-state index is -4.06. The lowest BCUT2D eigenvalue weighted by Crippen LogP contribution is -2.17. The summed E-state index contributed by atoms with van der Waals surface area (Å²) in [6.45, 7) is 0. The predicted octanol–water partition coefficient (Wildman–Crippen LogP) is 1.66. The summed E-state index contributed by atoms with van der Waals surface area (Å²) >= 11 is 2.93. The Balaban J connectivity index is 2.42. The van der Waals surface area contributed by atoms with Gasteiger partial charge in [0.05, 0.1) is 5.69 Å². The molecule has 0 radical (unpaired) electrons. The van der Waals surface area contributed by atoms with E-state index >= 15 is 0 Å². The van der Waals surface area contributed by atoms with Crippen molar-refractivity contribution >= 4 is 31.6 Å². The van der Waals surface area contributed by atoms with Crippen LogP contribution in [0.25, 0.3) is 0 Å². The summed E-state index contributed by atoms with van der Waals surface area (Å²) in [7, 11) is -2.68. The summed E-state index contributed by atoms with van der Waals surface area (Å²) in [6.07, 6.45) is 0. The van der Waals surface area contributed by atoms with Gasteiger partial charge in [-0.2, -0.15) is 8.42 Å². The summed E-state index contributed by atoms with van der Waals surface area (Å²) < 4.78 is 53.1. The average molecular weight is 353 g/mol. The molecule has 0 aliphatic heterocycles. The summed E-state index contributed by atoms with van der Waals surface area (Å²) in [5, 5.41) is 6.78. The Hall–Kier alpha value is -1.55. The van der Waals surface area contributed by atoms with E-state index in [2.05, 4.69) is 26.2 Å². The molecule has 0 unspecified atom stereocenters. The summed E-state index contributed by atoms with van der Waals surface area (Å²) in [4.78, 5) is 0. The topological polar surface area (TPSA) is 76.9 Å². The molecule has 0 amide bonds. The van der Waals surface area contributed by atoms with Gasteiger partial charge < -0.3 is 0 Å². The highest BCUT2D eigenvalue weighted by molar-refractivity contribution is 9.10. The van der Waals surface area contributed by atoms with Crippen molar-refractivity contribution in [2.45, 2.75) is 5.03 Å². The number of anilines is 1. The molecule has 0 atom stereocenters. The van der Waals surface area contributed by atoms with Crippen LogP contribution in [0.1, 0.15) is 0 Å². The zero-order valence-corrected chi connectivity index (χ0v) is 11.8. The Labute approximate surface area is 115 Å². The Morgan fingerprint density at radius 3 is 2.32 bits per heavy atom. The minimum absolute atomic E-state index is 0.000579. The van der Waals surface area contributed by atoms with Gasteiger partial charge in [-0.3, -0.25) is 4.72 Å². The van der Waals surface area contributed by atoms with Gasteiger partial charge in [0.25, 0.3) is 10.0 Å². The van der Waals surface area contributed by atoms with Crippen molar-refractivity contribution in [1.29, 1.82) is 0 Å². The quantitative estimate of drug-likeness (QED) is 0.911.